The predicted octanol–water partition coefficient (Wildman–Crippen LogP) is 1.85. The molecule has 0 aromatic carbocycles. The zero-order valence-corrected chi connectivity index (χ0v) is 6.65. The highest BCUT2D eigenvalue weighted by atomic mass is 16.4. The number of allylic oxidation sites excluding steroid dienone is 3. The Hall–Kier alpha value is -1.71. The maximum Gasteiger partial charge on any atom is 0.335 e. The molecule has 0 radical (unpaired) electrons. The van der Waals surface area contributed by atoms with Gasteiger partial charge in [-0.2, -0.15) is 0 Å². The Morgan fingerprint density at radius 3 is 2.58 bits per heavy atom. The second-order valence-corrected chi connectivity index (χ2v) is 2.09. The molecule has 12 heavy (non-hydrogen) atoms. The largest absolute Gasteiger partial charge is 0.478 e. The molecule has 0 aliphatic heterocycles. The first kappa shape index (κ1) is 10.3. The van der Waals surface area contributed by atoms with Gasteiger partial charge in [0.1, 0.15) is 0 Å². The maximum atomic E-state index is 10.2. The predicted molar refractivity (Wildman–Crippen MR) is 45.5 cm³/mol. The molecule has 0 amide bonds. The first-order chi connectivity index (χ1) is 5.57. The van der Waals surface area contributed by atoms with Crippen molar-refractivity contribution in [2.24, 2.45) is 5.18 Å². The van der Waals surface area contributed by atoms with Crippen molar-refractivity contribution in [1.82, 2.24) is 0 Å². The van der Waals surface area contributed by atoms with Gasteiger partial charge >= 0.3 is 5.97 Å². The van der Waals surface area contributed by atoms with Gasteiger partial charge in [0.15, 0.2) is 0 Å². The fraction of sp³-hybridized carbons (Fsp3) is 0.125. The van der Waals surface area contributed by atoms with Crippen LogP contribution in [0.3, 0.4) is 0 Å². The quantitative estimate of drug-likeness (QED) is 0.394. The first-order valence-electron chi connectivity index (χ1n) is 3.18. The van der Waals surface area contributed by atoms with Crippen LogP contribution in [-0.4, -0.2) is 11.1 Å². The van der Waals surface area contributed by atoms with Crippen molar-refractivity contribution in [2.75, 3.05) is 0 Å². The molecule has 0 aromatic heterocycles. The summed E-state index contributed by atoms with van der Waals surface area (Å²) in [4.78, 5) is 20.0. The molecule has 0 aliphatic rings. The van der Waals surface area contributed by atoms with E-state index in [1.165, 1.54) is 25.2 Å². The molecule has 0 unspecified atom stereocenters. The lowest BCUT2D eigenvalue weighted by atomic mass is 10.3. The molecule has 0 atom stereocenters. The molecule has 4 nitrogen and oxygen atoms in total. The summed E-state index contributed by atoms with van der Waals surface area (Å²) in [5.41, 5.74) is 0.245. The van der Waals surface area contributed by atoms with Crippen LogP contribution >= 0.6 is 0 Å². The third kappa shape index (κ3) is 4.16. The van der Waals surface area contributed by atoms with Crippen LogP contribution in [0.15, 0.2) is 41.3 Å². The van der Waals surface area contributed by atoms with E-state index >= 15 is 0 Å². The second kappa shape index (κ2) is 5.01. The molecule has 0 fully saturated rings. The molecule has 0 saturated heterocycles. The Morgan fingerprint density at radius 1 is 1.58 bits per heavy atom. The number of hydrogen-bond donors (Lipinski definition) is 1. The monoisotopic (exact) mass is 167 g/mol. The Kier molecular flexibility index (Phi) is 4.30. The molecule has 1 N–H and O–H groups in total. The molecule has 0 rings (SSSR count). The second-order valence-electron chi connectivity index (χ2n) is 2.09. The number of nitroso groups, excluding NO2 is 1. The van der Waals surface area contributed by atoms with Crippen LogP contribution in [0.1, 0.15) is 6.92 Å². The summed E-state index contributed by atoms with van der Waals surface area (Å²) < 4.78 is 0. The fourth-order valence-corrected chi connectivity index (χ4v) is 0.405. The number of carboxylic acid groups (broad SMARTS) is 1. The molecule has 0 aliphatic carbocycles. The SMILES string of the molecule is C=C(/C=C\C=C(\C)N=O)C(=O)O. The van der Waals surface area contributed by atoms with E-state index in [1.54, 1.807) is 0 Å². The molecule has 0 aromatic rings. The van der Waals surface area contributed by atoms with Gasteiger partial charge in [-0.25, -0.2) is 4.79 Å². The zero-order chi connectivity index (χ0) is 9.56. The third-order valence-electron chi connectivity index (χ3n) is 1.05. The molecular formula is C8H9NO3. The third-order valence-corrected chi connectivity index (χ3v) is 1.05. The van der Waals surface area contributed by atoms with Crippen LogP contribution in [-0.2, 0) is 4.79 Å². The highest BCUT2D eigenvalue weighted by Gasteiger charge is 1.95. The molecule has 0 heterocycles. The molecule has 0 saturated carbocycles. The average molecular weight is 167 g/mol. The first-order valence-corrected chi connectivity index (χ1v) is 3.18. The van der Waals surface area contributed by atoms with E-state index in [1.807, 2.05) is 0 Å². The maximum absolute atomic E-state index is 10.2. The summed E-state index contributed by atoms with van der Waals surface area (Å²) >= 11 is 0. The Morgan fingerprint density at radius 2 is 2.17 bits per heavy atom. The lowest BCUT2D eigenvalue weighted by Gasteiger charge is -1.86. The highest BCUT2D eigenvalue weighted by molar-refractivity contribution is 5.89. The van der Waals surface area contributed by atoms with Gasteiger partial charge in [-0.1, -0.05) is 12.7 Å². The van der Waals surface area contributed by atoms with Crippen molar-refractivity contribution in [3.63, 3.8) is 0 Å². The fourth-order valence-electron chi connectivity index (χ4n) is 0.405. The minimum atomic E-state index is -1.09. The minimum Gasteiger partial charge on any atom is -0.478 e. The number of aliphatic carboxylic acids is 1. The number of carboxylic acids is 1. The van der Waals surface area contributed by atoms with E-state index < -0.39 is 5.97 Å². The van der Waals surface area contributed by atoms with Crippen molar-refractivity contribution in [2.45, 2.75) is 6.92 Å². The topological polar surface area (TPSA) is 66.7 Å². The van der Waals surface area contributed by atoms with Crippen LogP contribution in [0.4, 0.5) is 0 Å². The highest BCUT2D eigenvalue weighted by Crippen LogP contribution is 1.96. The molecular weight excluding hydrogens is 158 g/mol. The van der Waals surface area contributed by atoms with Crippen molar-refractivity contribution in [1.29, 1.82) is 0 Å². The molecule has 0 bridgehead atoms. The van der Waals surface area contributed by atoms with E-state index in [9.17, 15) is 9.70 Å². The van der Waals surface area contributed by atoms with Crippen molar-refractivity contribution < 1.29 is 9.90 Å². The number of hydrogen-bond acceptors (Lipinski definition) is 3. The smallest absolute Gasteiger partial charge is 0.335 e. The summed E-state index contributed by atoms with van der Waals surface area (Å²) in [6.07, 6.45) is 4.10. The van der Waals surface area contributed by atoms with Crippen molar-refractivity contribution in [3.8, 4) is 0 Å². The van der Waals surface area contributed by atoms with E-state index in [2.05, 4.69) is 11.8 Å². The number of rotatable bonds is 4. The summed E-state index contributed by atoms with van der Waals surface area (Å²) in [5.74, 6) is -1.09. The van der Waals surface area contributed by atoms with Crippen LogP contribution in [0.5, 0.6) is 0 Å². The lowest BCUT2D eigenvalue weighted by molar-refractivity contribution is -0.132. The number of nitrogens with zero attached hydrogens (tertiary/aromatic N) is 1. The van der Waals surface area contributed by atoms with Crippen molar-refractivity contribution >= 4 is 5.97 Å². The zero-order valence-electron chi connectivity index (χ0n) is 6.65. The van der Waals surface area contributed by atoms with E-state index in [-0.39, 0.29) is 11.3 Å². The normalized spacial score (nSPS) is 11.6. The van der Waals surface area contributed by atoms with Gasteiger partial charge in [0.25, 0.3) is 0 Å². The summed E-state index contributed by atoms with van der Waals surface area (Å²) in [6, 6.07) is 0. The summed E-state index contributed by atoms with van der Waals surface area (Å²) in [5, 5.41) is 11.0. The van der Waals surface area contributed by atoms with Gasteiger partial charge in [0, 0.05) is 0 Å². The lowest BCUT2D eigenvalue weighted by Crippen LogP contribution is -1.94. The Labute approximate surface area is 69.9 Å². The van der Waals surface area contributed by atoms with E-state index in [0.29, 0.717) is 0 Å². The van der Waals surface area contributed by atoms with Gasteiger partial charge in [0.2, 0.25) is 0 Å². The van der Waals surface area contributed by atoms with E-state index in [0.717, 1.165) is 0 Å². The Balaban J connectivity index is 4.18. The van der Waals surface area contributed by atoms with E-state index in [4.69, 9.17) is 5.11 Å². The van der Waals surface area contributed by atoms with Crippen molar-refractivity contribution in [3.05, 3.63) is 41.0 Å². The van der Waals surface area contributed by atoms with Crippen LogP contribution < -0.4 is 0 Å². The van der Waals surface area contributed by atoms with Gasteiger partial charge in [0.05, 0.1) is 11.3 Å². The Bertz CT molecular complexity index is 263. The summed E-state index contributed by atoms with van der Waals surface area (Å²) in [6.45, 7) is 4.77. The molecule has 64 valence electrons. The van der Waals surface area contributed by atoms with Crippen LogP contribution in [0.25, 0.3) is 0 Å². The number of carbonyl (C=O) groups is 1. The van der Waals surface area contributed by atoms with Crippen LogP contribution in [0.2, 0.25) is 0 Å². The van der Waals surface area contributed by atoms with Gasteiger partial charge in [-0.15, -0.1) is 4.91 Å². The average Bonchev–Trinajstić information content (AvgIpc) is 2.03. The standard InChI is InChI=1S/C8H9NO3/c1-6(8(10)11)4-3-5-7(2)9-12/h3-5H,1H2,2H3,(H,10,11)/b4-3-,7-5-. The van der Waals surface area contributed by atoms with Gasteiger partial charge < -0.3 is 5.11 Å². The molecule has 0 spiro atoms. The van der Waals surface area contributed by atoms with Gasteiger partial charge in [-0.3, -0.25) is 0 Å². The molecule has 4 heteroatoms. The minimum absolute atomic E-state index is 0.0371. The van der Waals surface area contributed by atoms with Crippen LogP contribution in [0, 0.1) is 4.91 Å². The van der Waals surface area contributed by atoms with Gasteiger partial charge in [-0.05, 0) is 24.3 Å². The summed E-state index contributed by atoms with van der Waals surface area (Å²) in [7, 11) is 0.